The number of carbonyl (C=O) groups is 1. The molecular formula is C11H11N7O3. The minimum Gasteiger partial charge on any atom is -0.384 e. The lowest BCUT2D eigenvalue weighted by atomic mass is 10.2. The maximum absolute atomic E-state index is 11.3. The zero-order valence-electron chi connectivity index (χ0n) is 10.7. The number of pyridine rings is 1. The van der Waals surface area contributed by atoms with E-state index < -0.39 is 10.8 Å². The fraction of sp³-hybridized carbons (Fsp3) is 0.0909. The predicted octanol–water partition coefficient (Wildman–Crippen LogP) is 0.0730. The molecule has 0 aliphatic rings. The van der Waals surface area contributed by atoms with Gasteiger partial charge in [-0.25, -0.2) is 15.0 Å². The molecule has 0 saturated carbocycles. The molecule has 21 heavy (non-hydrogen) atoms. The van der Waals surface area contributed by atoms with Gasteiger partial charge in [0.2, 0.25) is 0 Å². The largest absolute Gasteiger partial charge is 0.384 e. The molecule has 0 saturated heterocycles. The van der Waals surface area contributed by atoms with E-state index in [-0.39, 0.29) is 23.6 Å². The Balaban J connectivity index is 2.23. The first-order chi connectivity index (χ1) is 9.97. The summed E-state index contributed by atoms with van der Waals surface area (Å²) < 4.78 is 0. The maximum atomic E-state index is 11.3. The van der Waals surface area contributed by atoms with Gasteiger partial charge in [-0.2, -0.15) is 0 Å². The van der Waals surface area contributed by atoms with E-state index in [1.807, 2.05) is 0 Å². The van der Waals surface area contributed by atoms with Gasteiger partial charge in [-0.15, -0.1) is 0 Å². The SMILES string of the molecule is NC(=O)c1cc([N+](=O)[O-])cnc1NCc1nccc(N)n1. The van der Waals surface area contributed by atoms with Crippen molar-refractivity contribution >= 4 is 23.2 Å². The van der Waals surface area contributed by atoms with Crippen LogP contribution in [0.1, 0.15) is 16.2 Å². The third-order valence-corrected chi connectivity index (χ3v) is 2.49. The number of nitrogens with one attached hydrogen (secondary N) is 1. The van der Waals surface area contributed by atoms with Gasteiger partial charge in [0.1, 0.15) is 23.7 Å². The van der Waals surface area contributed by atoms with Crippen LogP contribution in [-0.2, 0) is 6.54 Å². The molecular weight excluding hydrogens is 278 g/mol. The smallest absolute Gasteiger partial charge is 0.288 e. The average Bonchev–Trinajstić information content (AvgIpc) is 2.44. The van der Waals surface area contributed by atoms with E-state index in [0.29, 0.717) is 11.6 Å². The summed E-state index contributed by atoms with van der Waals surface area (Å²) in [5.41, 5.74) is 10.3. The Kier molecular flexibility index (Phi) is 3.88. The summed E-state index contributed by atoms with van der Waals surface area (Å²) in [6, 6.07) is 2.58. The number of hydrogen-bond acceptors (Lipinski definition) is 8. The Hall–Kier alpha value is -3.30. The number of anilines is 2. The molecule has 108 valence electrons. The first-order valence-corrected chi connectivity index (χ1v) is 5.73. The van der Waals surface area contributed by atoms with Crippen LogP contribution >= 0.6 is 0 Å². The first kappa shape index (κ1) is 14.1. The van der Waals surface area contributed by atoms with E-state index in [9.17, 15) is 14.9 Å². The molecule has 0 aromatic carbocycles. The van der Waals surface area contributed by atoms with Crippen LogP contribution in [0.15, 0.2) is 24.5 Å². The quantitative estimate of drug-likeness (QED) is 0.514. The minimum atomic E-state index is -0.831. The number of nitrogens with two attached hydrogens (primary N) is 2. The molecule has 0 fully saturated rings. The van der Waals surface area contributed by atoms with Gasteiger partial charge in [-0.1, -0.05) is 0 Å². The summed E-state index contributed by atoms with van der Waals surface area (Å²) in [5, 5.41) is 13.5. The van der Waals surface area contributed by atoms with Crippen LogP contribution in [0.25, 0.3) is 0 Å². The molecule has 0 radical (unpaired) electrons. The second kappa shape index (κ2) is 5.77. The van der Waals surface area contributed by atoms with Gasteiger partial charge in [0.25, 0.3) is 11.6 Å². The lowest BCUT2D eigenvalue weighted by molar-refractivity contribution is -0.385. The standard InChI is InChI=1S/C11H11N7O3/c12-8-1-2-14-9(17-8)5-16-11-7(10(13)19)3-6(4-15-11)18(20)21/h1-4H,5H2,(H2,13,19)(H,15,16)(H2,12,14,17). The number of amides is 1. The number of nitrogens with zero attached hydrogens (tertiary/aromatic N) is 4. The Bertz CT molecular complexity index is 704. The Morgan fingerprint density at radius 2 is 2.19 bits per heavy atom. The number of nitrogen functional groups attached to an aromatic ring is 1. The molecule has 1 amide bonds. The van der Waals surface area contributed by atoms with Crippen molar-refractivity contribution in [2.75, 3.05) is 11.1 Å². The number of rotatable bonds is 5. The molecule has 2 aromatic rings. The topological polar surface area (TPSA) is 163 Å². The summed E-state index contributed by atoms with van der Waals surface area (Å²) in [6.07, 6.45) is 2.51. The van der Waals surface area contributed by atoms with E-state index in [1.54, 1.807) is 0 Å². The number of hydrogen-bond donors (Lipinski definition) is 3. The van der Waals surface area contributed by atoms with Crippen molar-refractivity contribution in [1.82, 2.24) is 15.0 Å². The maximum Gasteiger partial charge on any atom is 0.288 e. The summed E-state index contributed by atoms with van der Waals surface area (Å²) in [5.74, 6) is -0.0412. The van der Waals surface area contributed by atoms with E-state index in [0.717, 1.165) is 12.3 Å². The normalized spacial score (nSPS) is 10.1. The third kappa shape index (κ3) is 3.37. The molecule has 10 heteroatoms. The van der Waals surface area contributed by atoms with Crippen LogP contribution in [-0.4, -0.2) is 25.8 Å². The van der Waals surface area contributed by atoms with Gasteiger partial charge in [0, 0.05) is 12.3 Å². The lowest BCUT2D eigenvalue weighted by Gasteiger charge is -2.08. The predicted molar refractivity (Wildman–Crippen MR) is 73.2 cm³/mol. The molecule has 2 rings (SSSR count). The van der Waals surface area contributed by atoms with Crippen LogP contribution in [0.3, 0.4) is 0 Å². The fourth-order valence-corrected chi connectivity index (χ4v) is 1.55. The summed E-state index contributed by atoms with van der Waals surface area (Å²) >= 11 is 0. The second-order valence-corrected chi connectivity index (χ2v) is 3.96. The van der Waals surface area contributed by atoms with Crippen molar-refractivity contribution in [1.29, 1.82) is 0 Å². The van der Waals surface area contributed by atoms with E-state index >= 15 is 0 Å². The van der Waals surface area contributed by atoms with Crippen LogP contribution in [0.4, 0.5) is 17.3 Å². The summed E-state index contributed by atoms with van der Waals surface area (Å²) in [7, 11) is 0. The average molecular weight is 289 g/mol. The first-order valence-electron chi connectivity index (χ1n) is 5.73. The van der Waals surface area contributed by atoms with Crippen molar-refractivity contribution in [3.63, 3.8) is 0 Å². The molecule has 10 nitrogen and oxygen atoms in total. The van der Waals surface area contributed by atoms with Gasteiger partial charge < -0.3 is 16.8 Å². The number of aromatic nitrogens is 3. The van der Waals surface area contributed by atoms with Crippen LogP contribution < -0.4 is 16.8 Å². The number of carbonyl (C=O) groups excluding carboxylic acids is 1. The molecule has 0 atom stereocenters. The van der Waals surface area contributed by atoms with Crippen molar-refractivity contribution < 1.29 is 9.72 Å². The van der Waals surface area contributed by atoms with Crippen LogP contribution in [0.5, 0.6) is 0 Å². The molecule has 2 aromatic heterocycles. The Morgan fingerprint density at radius 1 is 1.43 bits per heavy atom. The van der Waals surface area contributed by atoms with E-state index in [1.165, 1.54) is 12.3 Å². The van der Waals surface area contributed by atoms with E-state index in [4.69, 9.17) is 11.5 Å². The minimum absolute atomic E-state index is 0.0897. The monoisotopic (exact) mass is 289 g/mol. The van der Waals surface area contributed by atoms with Crippen LogP contribution in [0.2, 0.25) is 0 Å². The zero-order chi connectivity index (χ0) is 15.4. The van der Waals surface area contributed by atoms with Gasteiger partial charge in [-0.3, -0.25) is 14.9 Å². The highest BCUT2D eigenvalue weighted by molar-refractivity contribution is 5.98. The second-order valence-electron chi connectivity index (χ2n) is 3.96. The molecule has 0 aliphatic carbocycles. The summed E-state index contributed by atoms with van der Waals surface area (Å²) in [4.78, 5) is 33.1. The summed E-state index contributed by atoms with van der Waals surface area (Å²) in [6.45, 7) is 0.135. The molecule has 2 heterocycles. The van der Waals surface area contributed by atoms with Crippen molar-refractivity contribution in [2.45, 2.75) is 6.54 Å². The number of primary amides is 1. The van der Waals surface area contributed by atoms with E-state index in [2.05, 4.69) is 20.3 Å². The van der Waals surface area contributed by atoms with Crippen molar-refractivity contribution in [3.05, 3.63) is 46.0 Å². The highest BCUT2D eigenvalue weighted by atomic mass is 16.6. The van der Waals surface area contributed by atoms with Gasteiger partial charge in [0.05, 0.1) is 17.0 Å². The molecule has 0 unspecified atom stereocenters. The molecule has 5 N–H and O–H groups in total. The van der Waals surface area contributed by atoms with Gasteiger partial charge in [0.15, 0.2) is 0 Å². The third-order valence-electron chi connectivity index (χ3n) is 2.49. The highest BCUT2D eigenvalue weighted by Gasteiger charge is 2.16. The number of nitro groups is 1. The van der Waals surface area contributed by atoms with Crippen LogP contribution in [0, 0.1) is 10.1 Å². The van der Waals surface area contributed by atoms with Crippen molar-refractivity contribution in [3.8, 4) is 0 Å². The Labute approximate surface area is 118 Å². The van der Waals surface area contributed by atoms with Crippen molar-refractivity contribution in [2.24, 2.45) is 5.73 Å². The van der Waals surface area contributed by atoms with Gasteiger partial charge >= 0.3 is 0 Å². The molecule has 0 aliphatic heterocycles. The Morgan fingerprint density at radius 3 is 2.81 bits per heavy atom. The fourth-order valence-electron chi connectivity index (χ4n) is 1.55. The van der Waals surface area contributed by atoms with Gasteiger partial charge in [-0.05, 0) is 6.07 Å². The highest BCUT2D eigenvalue weighted by Crippen LogP contribution is 2.19. The lowest BCUT2D eigenvalue weighted by Crippen LogP contribution is -2.16. The molecule has 0 spiro atoms. The molecule has 0 bridgehead atoms. The zero-order valence-corrected chi connectivity index (χ0v) is 10.7.